The van der Waals surface area contributed by atoms with Crippen molar-refractivity contribution in [3.8, 4) is 0 Å². The van der Waals surface area contributed by atoms with Gasteiger partial charge in [0.25, 0.3) is 5.91 Å². The Bertz CT molecular complexity index is 681. The summed E-state index contributed by atoms with van der Waals surface area (Å²) in [7, 11) is 0. The highest BCUT2D eigenvalue weighted by Gasteiger charge is 2.27. The molecule has 1 atom stereocenters. The molecule has 0 spiro atoms. The first-order valence-corrected chi connectivity index (χ1v) is 6.20. The number of rotatable bonds is 5. The molecule has 0 fully saturated rings. The molecule has 1 unspecified atom stereocenters. The number of carbonyl (C=O) groups is 2. The summed E-state index contributed by atoms with van der Waals surface area (Å²) < 4.78 is 30.0. The fraction of sp³-hybridized carbons (Fsp3) is 0.286. The van der Waals surface area contributed by atoms with Crippen LogP contribution in [0.25, 0.3) is 11.0 Å². The number of para-hydroxylation sites is 1. The van der Waals surface area contributed by atoms with Crippen LogP contribution in [0.2, 0.25) is 0 Å². The molecule has 21 heavy (non-hydrogen) atoms. The SMILES string of the molecule is Cc1c(C(=O)NC(CC(F)F)C(=O)O)oc2ccccc12. The van der Waals surface area contributed by atoms with Crippen LogP contribution in [0.1, 0.15) is 22.5 Å². The van der Waals surface area contributed by atoms with Gasteiger partial charge >= 0.3 is 5.97 Å². The number of aryl methyl sites for hydroxylation is 1. The first-order chi connectivity index (χ1) is 9.90. The van der Waals surface area contributed by atoms with E-state index in [-0.39, 0.29) is 5.76 Å². The van der Waals surface area contributed by atoms with Crippen LogP contribution >= 0.6 is 0 Å². The van der Waals surface area contributed by atoms with Gasteiger partial charge in [0, 0.05) is 17.4 Å². The zero-order valence-electron chi connectivity index (χ0n) is 11.1. The maximum absolute atomic E-state index is 12.3. The first-order valence-electron chi connectivity index (χ1n) is 6.20. The average molecular weight is 297 g/mol. The summed E-state index contributed by atoms with van der Waals surface area (Å²) in [5, 5.41) is 11.6. The molecular formula is C14H13F2NO4. The monoisotopic (exact) mass is 297 g/mol. The minimum atomic E-state index is -2.83. The molecule has 0 aliphatic heterocycles. The Balaban J connectivity index is 2.25. The summed E-state index contributed by atoms with van der Waals surface area (Å²) in [5.41, 5.74) is 1.00. The fourth-order valence-electron chi connectivity index (χ4n) is 2.01. The van der Waals surface area contributed by atoms with Gasteiger partial charge in [-0.1, -0.05) is 18.2 Å². The number of carbonyl (C=O) groups excluding carboxylic acids is 1. The number of carboxylic acids is 1. The molecule has 5 nitrogen and oxygen atoms in total. The Labute approximate surface area is 118 Å². The predicted octanol–water partition coefficient (Wildman–Crippen LogP) is 2.58. The van der Waals surface area contributed by atoms with Crippen LogP contribution in [0.15, 0.2) is 28.7 Å². The summed E-state index contributed by atoms with van der Waals surface area (Å²) >= 11 is 0. The van der Waals surface area contributed by atoms with Gasteiger partial charge in [0.2, 0.25) is 6.43 Å². The number of nitrogens with one attached hydrogen (secondary N) is 1. The molecule has 1 amide bonds. The molecule has 1 aromatic heterocycles. The second-order valence-corrected chi connectivity index (χ2v) is 4.54. The molecule has 0 saturated carbocycles. The lowest BCUT2D eigenvalue weighted by Gasteiger charge is -2.13. The van der Waals surface area contributed by atoms with E-state index < -0.39 is 30.8 Å². The van der Waals surface area contributed by atoms with Crippen LogP contribution in [0.4, 0.5) is 8.78 Å². The molecule has 1 aromatic carbocycles. The minimum absolute atomic E-state index is 0.0725. The van der Waals surface area contributed by atoms with E-state index in [9.17, 15) is 18.4 Å². The van der Waals surface area contributed by atoms with Crippen molar-refractivity contribution in [3.63, 3.8) is 0 Å². The van der Waals surface area contributed by atoms with Crippen LogP contribution in [-0.2, 0) is 4.79 Å². The molecule has 1 heterocycles. The van der Waals surface area contributed by atoms with Gasteiger partial charge < -0.3 is 14.8 Å². The second-order valence-electron chi connectivity index (χ2n) is 4.54. The van der Waals surface area contributed by atoms with E-state index in [1.807, 2.05) is 0 Å². The lowest BCUT2D eigenvalue weighted by molar-refractivity contribution is -0.140. The van der Waals surface area contributed by atoms with Gasteiger partial charge in [-0.25, -0.2) is 13.6 Å². The predicted molar refractivity (Wildman–Crippen MR) is 70.5 cm³/mol. The van der Waals surface area contributed by atoms with Crippen molar-refractivity contribution in [2.45, 2.75) is 25.8 Å². The maximum atomic E-state index is 12.3. The third-order valence-corrected chi connectivity index (χ3v) is 3.07. The fourth-order valence-corrected chi connectivity index (χ4v) is 2.01. The van der Waals surface area contributed by atoms with Crippen LogP contribution < -0.4 is 5.32 Å². The number of aliphatic carboxylic acids is 1. The van der Waals surface area contributed by atoms with Crippen molar-refractivity contribution in [3.05, 3.63) is 35.6 Å². The molecule has 2 N–H and O–H groups in total. The topological polar surface area (TPSA) is 79.5 Å². The third kappa shape index (κ3) is 3.18. The minimum Gasteiger partial charge on any atom is -0.480 e. The number of hydrogen-bond donors (Lipinski definition) is 2. The number of amides is 1. The number of fused-ring (bicyclic) bond motifs is 1. The van der Waals surface area contributed by atoms with Crippen molar-refractivity contribution in [1.82, 2.24) is 5.32 Å². The quantitative estimate of drug-likeness (QED) is 0.889. The molecule has 0 aliphatic rings. The largest absolute Gasteiger partial charge is 0.480 e. The van der Waals surface area contributed by atoms with Crippen LogP contribution in [0.5, 0.6) is 0 Å². The Hall–Kier alpha value is -2.44. The molecule has 0 saturated heterocycles. The van der Waals surface area contributed by atoms with Gasteiger partial charge in [-0.05, 0) is 13.0 Å². The van der Waals surface area contributed by atoms with Crippen molar-refractivity contribution >= 4 is 22.8 Å². The van der Waals surface area contributed by atoms with E-state index in [2.05, 4.69) is 5.32 Å². The highest BCUT2D eigenvalue weighted by atomic mass is 19.3. The highest BCUT2D eigenvalue weighted by Crippen LogP contribution is 2.24. The summed E-state index contributed by atoms with van der Waals surface area (Å²) in [6.45, 7) is 1.64. The van der Waals surface area contributed by atoms with Crippen LogP contribution in [0, 0.1) is 6.92 Å². The zero-order chi connectivity index (χ0) is 15.6. The van der Waals surface area contributed by atoms with E-state index in [0.29, 0.717) is 16.5 Å². The van der Waals surface area contributed by atoms with Gasteiger partial charge in [-0.3, -0.25) is 4.79 Å². The van der Waals surface area contributed by atoms with Gasteiger partial charge in [0.15, 0.2) is 5.76 Å². The third-order valence-electron chi connectivity index (χ3n) is 3.07. The number of benzene rings is 1. The first kappa shape index (κ1) is 15.0. The number of alkyl halides is 2. The van der Waals surface area contributed by atoms with Crippen molar-refractivity contribution < 1.29 is 27.9 Å². The molecule has 7 heteroatoms. The summed E-state index contributed by atoms with van der Waals surface area (Å²) in [5.74, 6) is -2.41. The number of carboxylic acid groups (broad SMARTS) is 1. The summed E-state index contributed by atoms with van der Waals surface area (Å²) in [4.78, 5) is 22.9. The Kier molecular flexibility index (Phi) is 4.21. The van der Waals surface area contributed by atoms with Crippen LogP contribution in [-0.4, -0.2) is 29.5 Å². The molecule has 0 bridgehead atoms. The number of hydrogen-bond acceptors (Lipinski definition) is 3. The standard InChI is InChI=1S/C14H13F2NO4/c1-7-8-4-2-3-5-10(8)21-12(7)13(18)17-9(14(19)20)6-11(15)16/h2-5,9,11H,6H2,1H3,(H,17,18)(H,19,20). The Morgan fingerprint density at radius 1 is 1.33 bits per heavy atom. The Morgan fingerprint density at radius 3 is 2.57 bits per heavy atom. The lowest BCUT2D eigenvalue weighted by Crippen LogP contribution is -2.42. The molecule has 0 aliphatic carbocycles. The van der Waals surface area contributed by atoms with Gasteiger partial charge in [-0.2, -0.15) is 0 Å². The van der Waals surface area contributed by atoms with Gasteiger partial charge in [0.1, 0.15) is 11.6 Å². The summed E-state index contributed by atoms with van der Waals surface area (Å²) in [6, 6.07) is 5.24. The lowest BCUT2D eigenvalue weighted by atomic mass is 10.1. The van der Waals surface area contributed by atoms with E-state index in [1.165, 1.54) is 0 Å². The molecular weight excluding hydrogens is 284 g/mol. The van der Waals surface area contributed by atoms with Gasteiger partial charge in [-0.15, -0.1) is 0 Å². The van der Waals surface area contributed by atoms with E-state index in [4.69, 9.17) is 9.52 Å². The Morgan fingerprint density at radius 2 is 2.00 bits per heavy atom. The maximum Gasteiger partial charge on any atom is 0.326 e. The highest BCUT2D eigenvalue weighted by molar-refractivity contribution is 6.00. The number of halogens is 2. The van der Waals surface area contributed by atoms with E-state index in [1.54, 1.807) is 31.2 Å². The van der Waals surface area contributed by atoms with E-state index in [0.717, 1.165) is 0 Å². The molecule has 2 aromatic rings. The van der Waals surface area contributed by atoms with Crippen molar-refractivity contribution in [1.29, 1.82) is 0 Å². The average Bonchev–Trinajstić information content (AvgIpc) is 2.75. The van der Waals surface area contributed by atoms with Crippen molar-refractivity contribution in [2.24, 2.45) is 0 Å². The van der Waals surface area contributed by atoms with Gasteiger partial charge in [0.05, 0.1) is 0 Å². The second kappa shape index (κ2) is 5.90. The smallest absolute Gasteiger partial charge is 0.326 e. The van der Waals surface area contributed by atoms with Crippen molar-refractivity contribution in [2.75, 3.05) is 0 Å². The van der Waals surface area contributed by atoms with Crippen LogP contribution in [0.3, 0.4) is 0 Å². The molecule has 0 radical (unpaired) electrons. The molecule has 112 valence electrons. The summed E-state index contributed by atoms with van der Waals surface area (Å²) in [6.07, 6.45) is -3.79. The number of furan rings is 1. The zero-order valence-corrected chi connectivity index (χ0v) is 11.1. The van der Waals surface area contributed by atoms with E-state index >= 15 is 0 Å². The normalized spacial score (nSPS) is 12.6. The molecule has 2 rings (SSSR count).